The van der Waals surface area contributed by atoms with Crippen LogP contribution in [0.25, 0.3) is 0 Å². The Morgan fingerprint density at radius 3 is 2.86 bits per heavy atom. The third kappa shape index (κ3) is 6.96. The maximum absolute atomic E-state index is 11.6. The summed E-state index contributed by atoms with van der Waals surface area (Å²) in [6.45, 7) is 7.45. The van der Waals surface area contributed by atoms with E-state index in [-0.39, 0.29) is 11.9 Å². The van der Waals surface area contributed by atoms with Crippen molar-refractivity contribution >= 4 is 17.5 Å². The Hall–Kier alpha value is -1.07. The van der Waals surface area contributed by atoms with Crippen LogP contribution in [-0.2, 0) is 17.8 Å². The van der Waals surface area contributed by atoms with E-state index in [9.17, 15) is 4.79 Å². The number of aromatic amines is 1. The van der Waals surface area contributed by atoms with Crippen LogP contribution in [0.3, 0.4) is 0 Å². The number of carbonyl (C=O) groups is 1. The summed E-state index contributed by atoms with van der Waals surface area (Å²) >= 11 is 6.09. The van der Waals surface area contributed by atoms with Gasteiger partial charge in [0, 0.05) is 32.0 Å². The number of aromatic nitrogens is 2. The Labute approximate surface area is 132 Å². The minimum absolute atomic E-state index is 0.0798. The van der Waals surface area contributed by atoms with Crippen LogP contribution < -0.4 is 10.6 Å². The van der Waals surface area contributed by atoms with Gasteiger partial charge >= 0.3 is 0 Å². The number of halogens is 1. The van der Waals surface area contributed by atoms with Gasteiger partial charge in [-0.3, -0.25) is 4.79 Å². The molecule has 0 aliphatic rings. The summed E-state index contributed by atoms with van der Waals surface area (Å²) in [4.78, 5) is 19.2. The van der Waals surface area contributed by atoms with Gasteiger partial charge in [-0.1, -0.05) is 31.9 Å². The van der Waals surface area contributed by atoms with Crippen molar-refractivity contribution in [1.82, 2.24) is 20.6 Å². The van der Waals surface area contributed by atoms with E-state index in [0.29, 0.717) is 24.7 Å². The van der Waals surface area contributed by atoms with Gasteiger partial charge in [-0.2, -0.15) is 0 Å². The van der Waals surface area contributed by atoms with Crippen molar-refractivity contribution < 1.29 is 4.79 Å². The van der Waals surface area contributed by atoms with E-state index >= 15 is 0 Å². The van der Waals surface area contributed by atoms with Gasteiger partial charge in [0.2, 0.25) is 5.91 Å². The van der Waals surface area contributed by atoms with Crippen molar-refractivity contribution in [3.8, 4) is 0 Å². The lowest BCUT2D eigenvalue weighted by atomic mass is 10.2. The first-order chi connectivity index (χ1) is 10.1. The number of H-pyrrole nitrogens is 1. The van der Waals surface area contributed by atoms with Gasteiger partial charge in [0.1, 0.15) is 5.82 Å². The highest BCUT2D eigenvalue weighted by atomic mass is 35.5. The number of aryl methyl sites for hydroxylation is 1. The second-order valence-electron chi connectivity index (χ2n) is 5.36. The van der Waals surface area contributed by atoms with Gasteiger partial charge in [0.05, 0.1) is 5.69 Å². The minimum Gasteiger partial charge on any atom is -0.354 e. The molecule has 0 fully saturated rings. The summed E-state index contributed by atoms with van der Waals surface area (Å²) in [7, 11) is 0. The van der Waals surface area contributed by atoms with Crippen molar-refractivity contribution in [1.29, 1.82) is 0 Å². The third-order valence-electron chi connectivity index (χ3n) is 3.39. The zero-order valence-electron chi connectivity index (χ0n) is 13.3. The molecule has 0 saturated heterocycles. The molecule has 0 aliphatic carbocycles. The number of hydrogen-bond donors (Lipinski definition) is 3. The number of carbonyl (C=O) groups excluding carboxylic acids is 1. The van der Waals surface area contributed by atoms with Crippen LogP contribution in [0, 0.1) is 0 Å². The molecule has 1 heterocycles. The molecule has 1 unspecified atom stereocenters. The van der Waals surface area contributed by atoms with Crippen LogP contribution in [0.4, 0.5) is 0 Å². The molecule has 1 rings (SSSR count). The van der Waals surface area contributed by atoms with Gasteiger partial charge in [0.15, 0.2) is 5.15 Å². The predicted octanol–water partition coefficient (Wildman–Crippen LogP) is 2.80. The predicted molar refractivity (Wildman–Crippen MR) is 86.4 cm³/mol. The van der Waals surface area contributed by atoms with Crippen molar-refractivity contribution in [3.63, 3.8) is 0 Å². The molecule has 5 nitrogen and oxygen atoms in total. The Kier molecular flexibility index (Phi) is 8.38. The van der Waals surface area contributed by atoms with Crippen molar-refractivity contribution in [2.75, 3.05) is 6.54 Å². The normalized spacial score (nSPS) is 12.4. The maximum Gasteiger partial charge on any atom is 0.221 e. The number of nitrogens with one attached hydrogen (secondary N) is 3. The Morgan fingerprint density at radius 1 is 1.43 bits per heavy atom. The second-order valence-corrected chi connectivity index (χ2v) is 5.72. The van der Waals surface area contributed by atoms with Gasteiger partial charge in [-0.15, -0.1) is 0 Å². The average molecular weight is 315 g/mol. The van der Waals surface area contributed by atoms with Crippen LogP contribution >= 0.6 is 11.6 Å². The van der Waals surface area contributed by atoms with Crippen LogP contribution in [0.2, 0.25) is 5.15 Å². The van der Waals surface area contributed by atoms with E-state index < -0.39 is 0 Å². The van der Waals surface area contributed by atoms with Gasteiger partial charge < -0.3 is 15.6 Å². The lowest BCUT2D eigenvalue weighted by molar-refractivity contribution is -0.121. The monoisotopic (exact) mass is 314 g/mol. The van der Waals surface area contributed by atoms with Crippen molar-refractivity contribution in [2.45, 2.75) is 65.5 Å². The van der Waals surface area contributed by atoms with Gasteiger partial charge in [0.25, 0.3) is 0 Å². The highest BCUT2D eigenvalue weighted by molar-refractivity contribution is 6.30. The fourth-order valence-corrected chi connectivity index (χ4v) is 2.10. The smallest absolute Gasteiger partial charge is 0.221 e. The molecule has 6 heteroatoms. The molecular weight excluding hydrogens is 288 g/mol. The standard InChI is InChI=1S/C15H27ClN4O/c1-4-6-7-13-19-12(15(16)20-13)10-17-9-8-14(21)18-11(3)5-2/h11,17H,4-10H2,1-3H3,(H,18,21)(H,19,20). The molecule has 1 aromatic rings. The molecule has 1 atom stereocenters. The van der Waals surface area contributed by atoms with E-state index in [1.165, 1.54) is 0 Å². The number of nitrogens with zero attached hydrogens (tertiary/aromatic N) is 1. The molecule has 0 saturated carbocycles. The third-order valence-corrected chi connectivity index (χ3v) is 3.71. The summed E-state index contributed by atoms with van der Waals surface area (Å²) in [6.07, 6.45) is 4.58. The summed E-state index contributed by atoms with van der Waals surface area (Å²) in [5.74, 6) is 1.02. The topological polar surface area (TPSA) is 69.8 Å². The fraction of sp³-hybridized carbons (Fsp3) is 0.733. The largest absolute Gasteiger partial charge is 0.354 e. The van der Waals surface area contributed by atoms with Gasteiger partial charge in [-0.05, 0) is 19.8 Å². The molecule has 120 valence electrons. The molecule has 0 aliphatic heterocycles. The molecule has 1 aromatic heterocycles. The quantitative estimate of drug-likeness (QED) is 0.582. The molecule has 0 bridgehead atoms. The summed E-state index contributed by atoms with van der Waals surface area (Å²) in [5.41, 5.74) is 0.894. The highest BCUT2D eigenvalue weighted by Gasteiger charge is 2.08. The zero-order valence-corrected chi connectivity index (χ0v) is 14.0. The Morgan fingerprint density at radius 2 is 2.19 bits per heavy atom. The zero-order chi connectivity index (χ0) is 15.7. The van der Waals surface area contributed by atoms with Crippen molar-refractivity contribution in [3.05, 3.63) is 16.7 Å². The molecule has 0 radical (unpaired) electrons. The number of amides is 1. The second kappa shape index (κ2) is 9.79. The van der Waals surface area contributed by atoms with Crippen molar-refractivity contribution in [2.24, 2.45) is 0 Å². The molecule has 1 amide bonds. The SMILES string of the molecule is CCCCc1nc(Cl)c(CNCCC(=O)NC(C)CC)[nH]1. The first-order valence-corrected chi connectivity index (χ1v) is 8.17. The van der Waals surface area contributed by atoms with Gasteiger partial charge in [-0.25, -0.2) is 4.98 Å². The Bertz CT molecular complexity index is 433. The number of imidazole rings is 1. The highest BCUT2D eigenvalue weighted by Crippen LogP contribution is 2.13. The molecule has 0 aromatic carbocycles. The maximum atomic E-state index is 11.6. The lowest BCUT2D eigenvalue weighted by Gasteiger charge is -2.11. The van der Waals surface area contributed by atoms with Crippen LogP contribution in [0.15, 0.2) is 0 Å². The van der Waals surface area contributed by atoms with E-state index in [2.05, 4.69) is 34.4 Å². The molecular formula is C15H27ClN4O. The van der Waals surface area contributed by atoms with Crippen LogP contribution in [-0.4, -0.2) is 28.5 Å². The van der Waals surface area contributed by atoms with E-state index in [1.54, 1.807) is 0 Å². The first kappa shape index (κ1) is 18.0. The summed E-state index contributed by atoms with van der Waals surface area (Å²) in [5, 5.41) is 6.68. The van der Waals surface area contributed by atoms with Crippen LogP contribution in [0.1, 0.15) is 58.0 Å². The number of rotatable bonds is 10. The fourth-order valence-electron chi connectivity index (χ4n) is 1.88. The molecule has 21 heavy (non-hydrogen) atoms. The minimum atomic E-state index is 0.0798. The first-order valence-electron chi connectivity index (χ1n) is 7.80. The average Bonchev–Trinajstić information content (AvgIpc) is 2.81. The lowest BCUT2D eigenvalue weighted by Crippen LogP contribution is -2.33. The van der Waals surface area contributed by atoms with E-state index in [4.69, 9.17) is 11.6 Å². The summed E-state index contributed by atoms with van der Waals surface area (Å²) < 4.78 is 0. The summed E-state index contributed by atoms with van der Waals surface area (Å²) in [6, 6.07) is 0.237. The van der Waals surface area contributed by atoms with E-state index in [0.717, 1.165) is 37.2 Å². The van der Waals surface area contributed by atoms with Crippen LogP contribution in [0.5, 0.6) is 0 Å². The number of hydrogen-bond acceptors (Lipinski definition) is 3. The molecule has 0 spiro atoms. The molecule has 3 N–H and O–H groups in total. The number of unbranched alkanes of at least 4 members (excludes halogenated alkanes) is 1. The Balaban J connectivity index is 2.26. The van der Waals surface area contributed by atoms with E-state index in [1.807, 2.05) is 6.92 Å².